The van der Waals surface area contributed by atoms with Gasteiger partial charge >= 0.3 is 5.97 Å². The second-order valence-electron chi connectivity index (χ2n) is 4.52. The van der Waals surface area contributed by atoms with Gasteiger partial charge in [-0.1, -0.05) is 36.4 Å². The van der Waals surface area contributed by atoms with E-state index in [2.05, 4.69) is 0 Å². The fraction of sp³-hybridized carbons (Fsp3) is 0.167. The number of methoxy groups -OCH3 is 3. The number of benzene rings is 2. The van der Waals surface area contributed by atoms with Crippen LogP contribution in [0.5, 0.6) is 11.5 Å². The minimum absolute atomic E-state index is 0.409. The largest absolute Gasteiger partial charge is 0.493 e. The van der Waals surface area contributed by atoms with Crippen LogP contribution < -0.4 is 9.47 Å². The zero-order valence-corrected chi connectivity index (χ0v) is 12.8. The van der Waals surface area contributed by atoms with E-state index in [9.17, 15) is 4.79 Å². The van der Waals surface area contributed by atoms with Gasteiger partial charge in [0.15, 0.2) is 11.5 Å². The Balaban J connectivity index is 2.55. The van der Waals surface area contributed by atoms with Crippen LogP contribution in [0.2, 0.25) is 0 Å². The lowest BCUT2D eigenvalue weighted by Crippen LogP contribution is -1.99. The Morgan fingerprint density at radius 1 is 0.864 bits per heavy atom. The molecule has 2 aromatic rings. The molecule has 4 heteroatoms. The first-order chi connectivity index (χ1) is 10.7. The van der Waals surface area contributed by atoms with Gasteiger partial charge in [0.05, 0.1) is 21.3 Å². The SMILES string of the molecule is COC(=O)/C=C(/c1ccccc1)c1ccc(OC)c(OC)c1. The minimum atomic E-state index is -0.409. The molecule has 0 unspecified atom stereocenters. The van der Waals surface area contributed by atoms with Gasteiger partial charge in [-0.15, -0.1) is 0 Å². The number of ether oxygens (including phenoxy) is 3. The lowest BCUT2D eigenvalue weighted by molar-refractivity contribution is -0.134. The van der Waals surface area contributed by atoms with Crippen LogP contribution in [-0.2, 0) is 9.53 Å². The standard InChI is InChI=1S/C18H18O4/c1-20-16-10-9-14(11-17(16)21-2)15(12-18(19)22-3)13-7-5-4-6-8-13/h4-12H,1-3H3/b15-12-. The number of hydrogen-bond donors (Lipinski definition) is 0. The number of esters is 1. The highest BCUT2D eigenvalue weighted by atomic mass is 16.5. The molecule has 0 heterocycles. The molecule has 0 aliphatic heterocycles. The monoisotopic (exact) mass is 298 g/mol. The highest BCUT2D eigenvalue weighted by Crippen LogP contribution is 2.32. The van der Waals surface area contributed by atoms with Crippen LogP contribution in [0.1, 0.15) is 11.1 Å². The fourth-order valence-corrected chi connectivity index (χ4v) is 2.13. The molecule has 0 aliphatic rings. The van der Waals surface area contributed by atoms with Gasteiger partial charge in [0.1, 0.15) is 0 Å². The fourth-order valence-electron chi connectivity index (χ4n) is 2.13. The molecular formula is C18H18O4. The Morgan fingerprint density at radius 2 is 1.55 bits per heavy atom. The molecule has 0 amide bonds. The maximum atomic E-state index is 11.7. The third-order valence-corrected chi connectivity index (χ3v) is 3.24. The summed E-state index contributed by atoms with van der Waals surface area (Å²) in [6, 6.07) is 15.2. The van der Waals surface area contributed by atoms with Crippen LogP contribution in [0.15, 0.2) is 54.6 Å². The number of carbonyl (C=O) groups is 1. The van der Waals surface area contributed by atoms with Crippen LogP contribution in [0.25, 0.3) is 5.57 Å². The van der Waals surface area contributed by atoms with Gasteiger partial charge in [0, 0.05) is 6.08 Å². The smallest absolute Gasteiger partial charge is 0.331 e. The van der Waals surface area contributed by atoms with E-state index < -0.39 is 5.97 Å². The van der Waals surface area contributed by atoms with Crippen molar-refractivity contribution < 1.29 is 19.0 Å². The summed E-state index contributed by atoms with van der Waals surface area (Å²) in [5.74, 6) is 0.831. The van der Waals surface area contributed by atoms with Crippen molar-refractivity contribution in [3.05, 3.63) is 65.7 Å². The molecule has 114 valence electrons. The summed E-state index contributed by atoms with van der Waals surface area (Å²) < 4.78 is 15.3. The Hall–Kier alpha value is -2.75. The Kier molecular flexibility index (Phi) is 5.20. The van der Waals surface area contributed by atoms with Crippen LogP contribution in [0, 0.1) is 0 Å². The molecule has 0 saturated heterocycles. The van der Waals surface area contributed by atoms with E-state index >= 15 is 0 Å². The highest BCUT2D eigenvalue weighted by molar-refractivity contribution is 5.96. The first-order valence-corrected chi connectivity index (χ1v) is 6.77. The summed E-state index contributed by atoms with van der Waals surface area (Å²) in [5, 5.41) is 0. The van der Waals surface area contributed by atoms with E-state index in [1.807, 2.05) is 48.5 Å². The van der Waals surface area contributed by atoms with Gasteiger partial charge in [-0.25, -0.2) is 4.79 Å². The lowest BCUT2D eigenvalue weighted by Gasteiger charge is -2.12. The summed E-state index contributed by atoms with van der Waals surface area (Å²) >= 11 is 0. The third-order valence-electron chi connectivity index (χ3n) is 3.24. The first-order valence-electron chi connectivity index (χ1n) is 6.77. The van der Waals surface area contributed by atoms with Gasteiger partial charge in [-0.3, -0.25) is 0 Å². The Morgan fingerprint density at radius 3 is 2.14 bits per heavy atom. The van der Waals surface area contributed by atoms with Crippen molar-refractivity contribution in [2.24, 2.45) is 0 Å². The summed E-state index contributed by atoms with van der Waals surface area (Å²) in [7, 11) is 4.52. The van der Waals surface area contributed by atoms with Crippen LogP contribution in [-0.4, -0.2) is 27.3 Å². The van der Waals surface area contributed by atoms with Gasteiger partial charge in [-0.2, -0.15) is 0 Å². The van der Waals surface area contributed by atoms with E-state index in [0.717, 1.165) is 16.7 Å². The topological polar surface area (TPSA) is 44.8 Å². The summed E-state index contributed by atoms with van der Waals surface area (Å²) in [5.41, 5.74) is 2.52. The van der Waals surface area contributed by atoms with Crippen molar-refractivity contribution in [2.45, 2.75) is 0 Å². The summed E-state index contributed by atoms with van der Waals surface area (Å²) in [6.45, 7) is 0. The Bertz CT molecular complexity index is 675. The van der Waals surface area contributed by atoms with E-state index in [1.54, 1.807) is 14.2 Å². The zero-order chi connectivity index (χ0) is 15.9. The molecule has 0 atom stereocenters. The molecule has 2 aromatic carbocycles. The molecule has 4 nitrogen and oxygen atoms in total. The molecule has 22 heavy (non-hydrogen) atoms. The molecule has 0 radical (unpaired) electrons. The van der Waals surface area contributed by atoms with Crippen LogP contribution in [0.3, 0.4) is 0 Å². The van der Waals surface area contributed by atoms with E-state index in [-0.39, 0.29) is 0 Å². The van der Waals surface area contributed by atoms with Crippen molar-refractivity contribution in [1.82, 2.24) is 0 Å². The maximum absolute atomic E-state index is 11.7. The molecule has 0 aliphatic carbocycles. The van der Waals surface area contributed by atoms with Crippen molar-refractivity contribution >= 4 is 11.5 Å². The Labute approximate surface area is 129 Å². The molecule has 2 rings (SSSR count). The van der Waals surface area contributed by atoms with Crippen molar-refractivity contribution in [1.29, 1.82) is 0 Å². The first kappa shape index (κ1) is 15.6. The van der Waals surface area contributed by atoms with Crippen molar-refractivity contribution in [2.75, 3.05) is 21.3 Å². The molecular weight excluding hydrogens is 280 g/mol. The predicted octanol–water partition coefficient (Wildman–Crippen LogP) is 3.31. The van der Waals surface area contributed by atoms with Crippen LogP contribution >= 0.6 is 0 Å². The third kappa shape index (κ3) is 3.47. The highest BCUT2D eigenvalue weighted by Gasteiger charge is 2.11. The maximum Gasteiger partial charge on any atom is 0.331 e. The molecule has 0 saturated carbocycles. The second kappa shape index (κ2) is 7.31. The number of carbonyl (C=O) groups excluding carboxylic acids is 1. The minimum Gasteiger partial charge on any atom is -0.493 e. The molecule has 0 N–H and O–H groups in total. The van der Waals surface area contributed by atoms with Gasteiger partial charge in [0.25, 0.3) is 0 Å². The van der Waals surface area contributed by atoms with Crippen LogP contribution in [0.4, 0.5) is 0 Å². The normalized spacial score (nSPS) is 11.0. The predicted molar refractivity (Wildman–Crippen MR) is 85.1 cm³/mol. The number of rotatable bonds is 5. The van der Waals surface area contributed by atoms with Crippen molar-refractivity contribution in [3.8, 4) is 11.5 Å². The summed E-state index contributed by atoms with van der Waals surface area (Å²) in [6.07, 6.45) is 1.47. The average molecular weight is 298 g/mol. The van der Waals surface area contributed by atoms with Crippen molar-refractivity contribution in [3.63, 3.8) is 0 Å². The quantitative estimate of drug-likeness (QED) is 0.627. The van der Waals surface area contributed by atoms with E-state index in [1.165, 1.54) is 13.2 Å². The van der Waals surface area contributed by atoms with E-state index in [0.29, 0.717) is 11.5 Å². The van der Waals surface area contributed by atoms with Gasteiger partial charge in [0.2, 0.25) is 0 Å². The zero-order valence-electron chi connectivity index (χ0n) is 12.8. The number of hydrogen-bond acceptors (Lipinski definition) is 4. The molecule has 0 fully saturated rings. The van der Waals surface area contributed by atoms with E-state index in [4.69, 9.17) is 14.2 Å². The molecule has 0 aromatic heterocycles. The van der Waals surface area contributed by atoms with Gasteiger partial charge in [-0.05, 0) is 28.8 Å². The molecule has 0 bridgehead atoms. The molecule has 0 spiro atoms. The lowest BCUT2D eigenvalue weighted by atomic mass is 9.97. The van der Waals surface area contributed by atoms with Gasteiger partial charge < -0.3 is 14.2 Å². The second-order valence-corrected chi connectivity index (χ2v) is 4.52. The average Bonchev–Trinajstić information content (AvgIpc) is 2.59. The summed E-state index contributed by atoms with van der Waals surface area (Å²) in [4.78, 5) is 11.7.